The van der Waals surface area contributed by atoms with Gasteiger partial charge in [0.15, 0.2) is 0 Å². The molecule has 0 aliphatic rings. The van der Waals surface area contributed by atoms with Gasteiger partial charge in [0.2, 0.25) is 0 Å². The molecule has 140 valence electrons. The highest BCUT2D eigenvalue weighted by Crippen LogP contribution is 2.34. The summed E-state index contributed by atoms with van der Waals surface area (Å²) >= 11 is 6.29. The number of fused-ring (bicyclic) bond motifs is 1. The molecule has 0 radical (unpaired) electrons. The van der Waals surface area contributed by atoms with E-state index in [0.717, 1.165) is 10.9 Å². The summed E-state index contributed by atoms with van der Waals surface area (Å²) in [6.45, 7) is 0.578. The molecule has 0 saturated carbocycles. The van der Waals surface area contributed by atoms with Crippen LogP contribution in [0.15, 0.2) is 36.4 Å². The summed E-state index contributed by atoms with van der Waals surface area (Å²) in [6, 6.07) is 10.5. The predicted molar refractivity (Wildman–Crippen MR) is 105 cm³/mol. The van der Waals surface area contributed by atoms with E-state index < -0.39 is 5.97 Å². The minimum Gasteiger partial charge on any atom is -0.496 e. The van der Waals surface area contributed by atoms with Gasteiger partial charge in [-0.15, -0.1) is 0 Å². The largest absolute Gasteiger partial charge is 0.496 e. The number of nitrogens with zero attached hydrogens (tertiary/aromatic N) is 3. The Bertz CT molecular complexity index is 1010. The normalized spacial score (nSPS) is 11.0. The third-order valence-corrected chi connectivity index (χ3v) is 4.19. The second-order valence-electron chi connectivity index (χ2n) is 6.21. The fourth-order valence-electron chi connectivity index (χ4n) is 2.69. The van der Waals surface area contributed by atoms with Gasteiger partial charge in [-0.1, -0.05) is 23.7 Å². The first-order valence-electron chi connectivity index (χ1n) is 8.17. The summed E-state index contributed by atoms with van der Waals surface area (Å²) in [5.41, 5.74) is 1.30. The molecule has 0 aliphatic heterocycles. The van der Waals surface area contributed by atoms with Gasteiger partial charge in [0.05, 0.1) is 29.9 Å². The van der Waals surface area contributed by atoms with Crippen LogP contribution in [0.3, 0.4) is 0 Å². The number of aromatic carboxylic acids is 1. The lowest BCUT2D eigenvalue weighted by atomic mass is 10.1. The van der Waals surface area contributed by atoms with Crippen LogP contribution in [-0.4, -0.2) is 47.1 Å². The molecule has 7 nitrogen and oxygen atoms in total. The van der Waals surface area contributed by atoms with Gasteiger partial charge in [0, 0.05) is 11.5 Å². The van der Waals surface area contributed by atoms with Gasteiger partial charge >= 0.3 is 5.97 Å². The highest BCUT2D eigenvalue weighted by molar-refractivity contribution is 6.34. The van der Waals surface area contributed by atoms with Crippen LogP contribution in [0.4, 0.5) is 11.5 Å². The highest BCUT2D eigenvalue weighted by Gasteiger charge is 2.16. The Hall–Kier alpha value is -2.90. The van der Waals surface area contributed by atoms with E-state index >= 15 is 0 Å². The van der Waals surface area contributed by atoms with E-state index in [-0.39, 0.29) is 16.3 Å². The number of methoxy groups -OCH3 is 1. The first kappa shape index (κ1) is 18.9. The first-order valence-corrected chi connectivity index (χ1v) is 8.55. The lowest BCUT2D eigenvalue weighted by molar-refractivity contribution is 0.0693. The number of hydrogen-bond acceptors (Lipinski definition) is 6. The quantitative estimate of drug-likeness (QED) is 0.666. The van der Waals surface area contributed by atoms with E-state index in [0.29, 0.717) is 23.9 Å². The predicted octanol–water partition coefficient (Wildman–Crippen LogP) is 3.80. The molecule has 0 aliphatic carbocycles. The van der Waals surface area contributed by atoms with Crippen molar-refractivity contribution in [2.75, 3.05) is 26.5 Å². The fraction of sp³-hybridized carbons (Fsp3) is 0.211. The number of nitrogens with one attached hydrogen (secondary N) is 1. The van der Waals surface area contributed by atoms with Crippen molar-refractivity contribution in [1.29, 1.82) is 0 Å². The summed E-state index contributed by atoms with van der Waals surface area (Å²) in [7, 11) is 5.30. The Morgan fingerprint density at radius 1 is 1.26 bits per heavy atom. The summed E-state index contributed by atoms with van der Waals surface area (Å²) in [5, 5.41) is 13.6. The van der Waals surface area contributed by atoms with E-state index in [1.165, 1.54) is 13.2 Å². The summed E-state index contributed by atoms with van der Waals surface area (Å²) in [4.78, 5) is 22.5. The van der Waals surface area contributed by atoms with Crippen molar-refractivity contribution in [2.45, 2.75) is 6.54 Å². The van der Waals surface area contributed by atoms with Crippen LogP contribution in [0.2, 0.25) is 5.02 Å². The van der Waals surface area contributed by atoms with E-state index in [4.69, 9.17) is 16.3 Å². The molecular formula is C19H19ClN4O3. The SMILES string of the molecule is COc1cc(Nc2nc(CN(C)C)nc3ccccc23)c(Cl)cc1C(=O)O. The summed E-state index contributed by atoms with van der Waals surface area (Å²) in [6.07, 6.45) is 0. The Balaban J connectivity index is 2.09. The van der Waals surface area contributed by atoms with Crippen LogP contribution in [0, 0.1) is 0 Å². The molecule has 0 fully saturated rings. The smallest absolute Gasteiger partial charge is 0.339 e. The summed E-state index contributed by atoms with van der Waals surface area (Å²) in [5.74, 6) is 0.346. The maximum absolute atomic E-state index is 11.3. The number of carboxylic acid groups (broad SMARTS) is 1. The molecule has 2 N–H and O–H groups in total. The molecule has 1 aromatic heterocycles. The van der Waals surface area contributed by atoms with Gasteiger partial charge in [-0.2, -0.15) is 0 Å². The molecule has 0 unspecified atom stereocenters. The van der Waals surface area contributed by atoms with Crippen LogP contribution in [-0.2, 0) is 6.54 Å². The third-order valence-electron chi connectivity index (χ3n) is 3.88. The molecule has 0 bridgehead atoms. The fourth-order valence-corrected chi connectivity index (χ4v) is 2.90. The van der Waals surface area contributed by atoms with Crippen LogP contribution in [0.25, 0.3) is 10.9 Å². The number of hydrogen-bond donors (Lipinski definition) is 2. The molecule has 27 heavy (non-hydrogen) atoms. The summed E-state index contributed by atoms with van der Waals surface area (Å²) < 4.78 is 5.18. The lowest BCUT2D eigenvalue weighted by Gasteiger charge is -2.15. The number of carbonyl (C=O) groups is 1. The standard InChI is InChI=1S/C19H19ClN4O3/c1-24(2)10-17-21-14-7-5-4-6-11(14)18(23-17)22-15-9-16(27-3)12(19(25)26)8-13(15)20/h4-9H,10H2,1-3H3,(H,25,26)(H,21,22,23). The average Bonchev–Trinajstić information content (AvgIpc) is 2.62. The first-order chi connectivity index (χ1) is 12.9. The second kappa shape index (κ2) is 7.77. The molecule has 3 aromatic rings. The molecule has 8 heteroatoms. The van der Waals surface area contributed by atoms with Crippen molar-refractivity contribution in [3.05, 3.63) is 52.8 Å². The van der Waals surface area contributed by atoms with E-state index in [9.17, 15) is 9.90 Å². The zero-order chi connectivity index (χ0) is 19.6. The maximum Gasteiger partial charge on any atom is 0.339 e. The monoisotopic (exact) mass is 386 g/mol. The van der Waals surface area contributed by atoms with Gasteiger partial charge in [0.25, 0.3) is 0 Å². The Morgan fingerprint density at radius 2 is 2.00 bits per heavy atom. The molecule has 2 aromatic carbocycles. The second-order valence-corrected chi connectivity index (χ2v) is 6.61. The Labute approximate surface area is 161 Å². The number of carboxylic acids is 1. The molecule has 0 saturated heterocycles. The van der Waals surface area contributed by atoms with E-state index in [1.807, 2.05) is 43.3 Å². The van der Waals surface area contributed by atoms with Crippen molar-refractivity contribution in [3.63, 3.8) is 0 Å². The maximum atomic E-state index is 11.3. The number of rotatable bonds is 6. The molecule has 3 rings (SSSR count). The van der Waals surface area contributed by atoms with Gasteiger partial charge in [-0.25, -0.2) is 14.8 Å². The minimum atomic E-state index is -1.11. The molecule has 0 spiro atoms. The topological polar surface area (TPSA) is 87.6 Å². The number of ether oxygens (including phenoxy) is 1. The number of anilines is 2. The number of para-hydroxylation sites is 1. The molecular weight excluding hydrogens is 368 g/mol. The van der Waals surface area contributed by atoms with Gasteiger partial charge in [-0.05, 0) is 32.3 Å². The minimum absolute atomic E-state index is 0.00566. The van der Waals surface area contributed by atoms with Crippen molar-refractivity contribution >= 4 is 40.0 Å². The van der Waals surface area contributed by atoms with Gasteiger partial charge in [0.1, 0.15) is 23.0 Å². The van der Waals surface area contributed by atoms with Gasteiger partial charge < -0.3 is 20.1 Å². The number of aromatic nitrogens is 2. The number of halogens is 1. The number of benzene rings is 2. The molecule has 1 heterocycles. The molecule has 0 amide bonds. The van der Waals surface area contributed by atoms with Crippen LogP contribution in [0.5, 0.6) is 5.75 Å². The zero-order valence-corrected chi connectivity index (χ0v) is 15.9. The van der Waals surface area contributed by atoms with Gasteiger partial charge in [-0.3, -0.25) is 0 Å². The van der Waals surface area contributed by atoms with Crippen molar-refractivity contribution < 1.29 is 14.6 Å². The lowest BCUT2D eigenvalue weighted by Crippen LogP contribution is -2.14. The average molecular weight is 387 g/mol. The highest BCUT2D eigenvalue weighted by atomic mass is 35.5. The van der Waals surface area contributed by atoms with E-state index in [1.54, 1.807) is 6.07 Å². The van der Waals surface area contributed by atoms with Crippen LogP contribution < -0.4 is 10.1 Å². The van der Waals surface area contributed by atoms with Crippen LogP contribution in [0.1, 0.15) is 16.2 Å². The Morgan fingerprint density at radius 3 is 2.67 bits per heavy atom. The zero-order valence-electron chi connectivity index (χ0n) is 15.2. The Kier molecular flexibility index (Phi) is 5.43. The third kappa shape index (κ3) is 4.10. The van der Waals surface area contributed by atoms with Crippen LogP contribution >= 0.6 is 11.6 Å². The van der Waals surface area contributed by atoms with Crippen molar-refractivity contribution in [3.8, 4) is 5.75 Å². The van der Waals surface area contributed by atoms with E-state index in [2.05, 4.69) is 15.3 Å². The van der Waals surface area contributed by atoms with Crippen molar-refractivity contribution in [1.82, 2.24) is 14.9 Å². The van der Waals surface area contributed by atoms with Crippen molar-refractivity contribution in [2.24, 2.45) is 0 Å². The molecule has 0 atom stereocenters.